The van der Waals surface area contributed by atoms with Crippen LogP contribution in [0, 0.1) is 17.2 Å². The minimum Gasteiger partial charge on any atom is -0.361 e. The molecule has 6 nitrogen and oxygen atoms in total. The number of anilines is 2. The molecule has 35 heavy (non-hydrogen) atoms. The van der Waals surface area contributed by atoms with E-state index < -0.39 is 16.5 Å². The van der Waals surface area contributed by atoms with Crippen molar-refractivity contribution < 1.29 is 9.53 Å². The van der Waals surface area contributed by atoms with Crippen LogP contribution in [0.2, 0.25) is 15.1 Å². The van der Waals surface area contributed by atoms with Gasteiger partial charge < -0.3 is 15.4 Å². The molecule has 1 fully saturated rings. The van der Waals surface area contributed by atoms with Crippen LogP contribution in [-0.2, 0) is 4.74 Å². The molecular weight excluding hydrogens is 554 g/mol. The fourth-order valence-electron chi connectivity index (χ4n) is 3.89. The summed E-state index contributed by atoms with van der Waals surface area (Å²) < 4.78 is 4.55. The summed E-state index contributed by atoms with van der Waals surface area (Å²) in [5, 5.41) is 16.0. The van der Waals surface area contributed by atoms with Crippen molar-refractivity contribution >= 4 is 75.3 Å². The summed E-state index contributed by atoms with van der Waals surface area (Å²) in [5.41, 5.74) is 2.27. The molecule has 4 rings (SSSR count). The zero-order chi connectivity index (χ0) is 25.3. The van der Waals surface area contributed by atoms with Crippen LogP contribution in [0.15, 0.2) is 54.7 Å². The molecular formula is C24H17Cl5N4O2. The average molecular weight is 571 g/mol. The number of benzene rings is 2. The number of nitriles is 1. The van der Waals surface area contributed by atoms with Gasteiger partial charge in [0.05, 0.1) is 22.5 Å². The van der Waals surface area contributed by atoms with Crippen LogP contribution in [-0.4, -0.2) is 28.6 Å². The van der Waals surface area contributed by atoms with Gasteiger partial charge in [0.2, 0.25) is 0 Å². The topological polar surface area (TPSA) is 87.0 Å². The van der Waals surface area contributed by atoms with Gasteiger partial charge in [-0.25, -0.2) is 4.98 Å². The number of methoxy groups -OCH3 is 1. The zero-order valence-corrected chi connectivity index (χ0v) is 21.8. The molecule has 1 heterocycles. The van der Waals surface area contributed by atoms with E-state index in [1.54, 1.807) is 42.5 Å². The number of pyridine rings is 1. The number of alkyl halides is 2. The van der Waals surface area contributed by atoms with E-state index in [9.17, 15) is 4.79 Å². The van der Waals surface area contributed by atoms with E-state index in [1.165, 1.54) is 19.4 Å². The summed E-state index contributed by atoms with van der Waals surface area (Å²) in [7, 11) is 1.53. The summed E-state index contributed by atoms with van der Waals surface area (Å²) >= 11 is 31.8. The Bertz CT molecular complexity index is 1290. The minimum atomic E-state index is -1.11. The second-order valence-electron chi connectivity index (χ2n) is 7.87. The lowest BCUT2D eigenvalue weighted by Gasteiger charge is -2.20. The number of hydrogen-bond acceptors (Lipinski definition) is 5. The van der Waals surface area contributed by atoms with E-state index in [-0.39, 0.29) is 28.1 Å². The van der Waals surface area contributed by atoms with E-state index in [1.807, 2.05) is 6.07 Å². The first-order valence-corrected chi connectivity index (χ1v) is 12.1. The number of nitrogens with one attached hydrogen (secondary N) is 2. The van der Waals surface area contributed by atoms with E-state index in [0.29, 0.717) is 21.4 Å². The van der Waals surface area contributed by atoms with Crippen molar-refractivity contribution in [3.8, 4) is 6.07 Å². The van der Waals surface area contributed by atoms with Crippen molar-refractivity contribution in [2.24, 2.45) is 5.92 Å². The first kappa shape index (κ1) is 25.8. The first-order chi connectivity index (χ1) is 16.6. The van der Waals surface area contributed by atoms with E-state index in [2.05, 4.69) is 15.6 Å². The smallest absolute Gasteiger partial charge is 0.257 e. The Balaban J connectivity index is 1.52. The third-order valence-electron chi connectivity index (χ3n) is 5.59. The summed E-state index contributed by atoms with van der Waals surface area (Å²) in [4.78, 5) is 16.8. The van der Waals surface area contributed by atoms with E-state index in [0.717, 1.165) is 5.56 Å². The number of aromatic nitrogens is 1. The molecule has 0 spiro atoms. The van der Waals surface area contributed by atoms with Gasteiger partial charge in [-0.2, -0.15) is 5.26 Å². The van der Waals surface area contributed by atoms with Crippen molar-refractivity contribution in [2.45, 2.75) is 16.5 Å². The zero-order valence-electron chi connectivity index (χ0n) is 18.0. The maximum atomic E-state index is 12.8. The molecule has 1 saturated carbocycles. The quantitative estimate of drug-likeness (QED) is 0.233. The lowest BCUT2D eigenvalue weighted by molar-refractivity contribution is 0.102. The third kappa shape index (κ3) is 5.62. The number of rotatable bonds is 7. The number of nitrogens with zero attached hydrogens (tertiary/aromatic N) is 2. The second-order valence-corrected chi connectivity index (χ2v) is 10.6. The van der Waals surface area contributed by atoms with Crippen LogP contribution in [0.5, 0.6) is 0 Å². The maximum Gasteiger partial charge on any atom is 0.257 e. The fraction of sp³-hybridized carbons (Fsp3) is 0.208. The van der Waals surface area contributed by atoms with Gasteiger partial charge >= 0.3 is 0 Å². The van der Waals surface area contributed by atoms with Gasteiger partial charge in [0.25, 0.3) is 5.91 Å². The standard InChI is InChI=1S/C24H17Cl5N4O2/c1-35-23(21-20(24(21,28)29)12-6-13(25)8-14(26)7-12)33-15-4-5-19(27)18(9-15)22(34)32-17-3-2-16(10-30)31-11-17/h2-9,11,20-21,23,33H,1H3,(H,32,34). The van der Waals surface area contributed by atoms with Crippen molar-refractivity contribution in [3.63, 3.8) is 0 Å². The third-order valence-corrected chi connectivity index (χ3v) is 7.33. The second kappa shape index (κ2) is 10.4. The molecule has 2 aromatic carbocycles. The Morgan fingerprint density at radius 3 is 2.37 bits per heavy atom. The Morgan fingerprint density at radius 2 is 1.77 bits per heavy atom. The van der Waals surface area contributed by atoms with Gasteiger partial charge in [-0.3, -0.25) is 4.79 Å². The van der Waals surface area contributed by atoms with Gasteiger partial charge in [-0.1, -0.05) is 34.8 Å². The molecule has 0 radical (unpaired) electrons. The molecule has 0 bridgehead atoms. The fourth-order valence-corrected chi connectivity index (χ4v) is 5.52. The van der Waals surface area contributed by atoms with Crippen LogP contribution in [0.3, 0.4) is 0 Å². The van der Waals surface area contributed by atoms with Gasteiger partial charge in [-0.05, 0) is 54.1 Å². The predicted octanol–water partition coefficient (Wildman–Crippen LogP) is 7.14. The van der Waals surface area contributed by atoms with Gasteiger partial charge in [-0.15, -0.1) is 23.2 Å². The highest BCUT2D eigenvalue weighted by Crippen LogP contribution is 2.67. The van der Waals surface area contributed by atoms with Gasteiger partial charge in [0, 0.05) is 34.7 Å². The van der Waals surface area contributed by atoms with Crippen molar-refractivity contribution in [1.82, 2.24) is 4.98 Å². The molecule has 1 aliphatic rings. The molecule has 3 atom stereocenters. The highest BCUT2D eigenvalue weighted by molar-refractivity contribution is 6.52. The SMILES string of the molecule is COC(Nc1ccc(Cl)c(C(=O)Nc2ccc(C#N)nc2)c1)C1C(c2cc(Cl)cc(Cl)c2)C1(Cl)Cl. The molecule has 3 unspecified atom stereocenters. The molecule has 0 aliphatic heterocycles. The molecule has 1 aliphatic carbocycles. The molecule has 180 valence electrons. The number of amides is 1. The van der Waals surface area contributed by atoms with Crippen LogP contribution < -0.4 is 10.6 Å². The molecule has 2 N–H and O–H groups in total. The highest BCUT2D eigenvalue weighted by Gasteiger charge is 2.67. The Labute approximate surface area is 227 Å². The van der Waals surface area contributed by atoms with Crippen molar-refractivity contribution in [3.05, 3.63) is 86.6 Å². The van der Waals surface area contributed by atoms with Crippen LogP contribution in [0.1, 0.15) is 27.5 Å². The van der Waals surface area contributed by atoms with Crippen molar-refractivity contribution in [1.29, 1.82) is 5.26 Å². The number of carbonyl (C=O) groups is 1. The number of ether oxygens (including phenoxy) is 1. The Hall–Kier alpha value is -2.24. The van der Waals surface area contributed by atoms with Gasteiger partial charge in [0.1, 0.15) is 22.3 Å². The van der Waals surface area contributed by atoms with Crippen molar-refractivity contribution in [2.75, 3.05) is 17.7 Å². The number of halogens is 5. The van der Waals surface area contributed by atoms with Crippen LogP contribution in [0.25, 0.3) is 0 Å². The summed E-state index contributed by atoms with van der Waals surface area (Å²) in [6, 6.07) is 15.1. The van der Waals surface area contributed by atoms with E-state index >= 15 is 0 Å². The lowest BCUT2D eigenvalue weighted by atomic mass is 10.1. The molecule has 11 heteroatoms. The largest absolute Gasteiger partial charge is 0.361 e. The van der Waals surface area contributed by atoms with E-state index in [4.69, 9.17) is 68.0 Å². The molecule has 3 aromatic rings. The Kier molecular flexibility index (Phi) is 7.68. The minimum absolute atomic E-state index is 0.229. The first-order valence-electron chi connectivity index (χ1n) is 10.2. The summed E-state index contributed by atoms with van der Waals surface area (Å²) in [6.45, 7) is 0. The average Bonchev–Trinajstić information content (AvgIpc) is 3.39. The van der Waals surface area contributed by atoms with Crippen LogP contribution in [0.4, 0.5) is 11.4 Å². The normalized spacial score (nSPS) is 18.9. The maximum absolute atomic E-state index is 12.8. The summed E-state index contributed by atoms with van der Waals surface area (Å²) in [5.74, 6) is -1.05. The highest BCUT2D eigenvalue weighted by atomic mass is 35.5. The monoisotopic (exact) mass is 568 g/mol. The number of carbonyl (C=O) groups excluding carboxylic acids is 1. The lowest BCUT2D eigenvalue weighted by Crippen LogP contribution is -2.27. The van der Waals surface area contributed by atoms with Gasteiger partial charge in [0.15, 0.2) is 0 Å². The molecule has 0 saturated heterocycles. The molecule has 1 aromatic heterocycles. The Morgan fingerprint density at radius 1 is 1.09 bits per heavy atom. The molecule has 1 amide bonds. The van der Waals surface area contributed by atoms with Crippen LogP contribution >= 0.6 is 58.0 Å². The predicted molar refractivity (Wildman–Crippen MR) is 140 cm³/mol. The number of hydrogen-bond donors (Lipinski definition) is 2. The summed E-state index contributed by atoms with van der Waals surface area (Å²) in [6.07, 6.45) is 0.802.